The zero-order valence-corrected chi connectivity index (χ0v) is 17.2. The van der Waals surface area contributed by atoms with Gasteiger partial charge in [0.05, 0.1) is 5.56 Å². The average Bonchev–Trinajstić information content (AvgIpc) is 3.39. The van der Waals surface area contributed by atoms with Crippen molar-refractivity contribution >= 4 is 11.8 Å². The first-order chi connectivity index (χ1) is 14.9. The van der Waals surface area contributed by atoms with Crippen molar-refractivity contribution in [2.45, 2.75) is 20.8 Å². The molecule has 156 valence electrons. The van der Waals surface area contributed by atoms with E-state index in [9.17, 15) is 9.59 Å². The van der Waals surface area contributed by atoms with Gasteiger partial charge in [-0.3, -0.25) is 20.4 Å². The van der Waals surface area contributed by atoms with E-state index in [-0.39, 0.29) is 0 Å². The first kappa shape index (κ1) is 20.1. The van der Waals surface area contributed by atoms with Gasteiger partial charge < -0.3 is 8.83 Å². The first-order valence-electron chi connectivity index (χ1n) is 9.59. The van der Waals surface area contributed by atoms with E-state index in [0.717, 1.165) is 11.1 Å². The molecule has 2 aromatic heterocycles. The summed E-state index contributed by atoms with van der Waals surface area (Å²) in [6, 6.07) is 16.0. The third kappa shape index (κ3) is 4.37. The van der Waals surface area contributed by atoms with Crippen LogP contribution in [-0.2, 0) is 0 Å². The highest BCUT2D eigenvalue weighted by Crippen LogP contribution is 2.24. The molecule has 0 radical (unpaired) electrons. The maximum absolute atomic E-state index is 12.3. The highest BCUT2D eigenvalue weighted by atomic mass is 16.4. The summed E-state index contributed by atoms with van der Waals surface area (Å²) in [5.74, 6) is 0.970. The summed E-state index contributed by atoms with van der Waals surface area (Å²) in [6.45, 7) is 5.44. The number of hydrogen-bond acceptors (Lipinski definition) is 6. The van der Waals surface area contributed by atoms with Gasteiger partial charge in [0.25, 0.3) is 11.8 Å². The molecule has 0 aliphatic carbocycles. The number of furan rings is 1. The highest BCUT2D eigenvalue weighted by molar-refractivity contribution is 5.99. The van der Waals surface area contributed by atoms with Gasteiger partial charge in [0, 0.05) is 16.7 Å². The molecule has 0 spiro atoms. The minimum absolute atomic E-state index is 0.349. The molecule has 4 aromatic rings. The summed E-state index contributed by atoms with van der Waals surface area (Å²) < 4.78 is 11.1. The monoisotopic (exact) mass is 416 g/mol. The van der Waals surface area contributed by atoms with Crippen LogP contribution in [0.1, 0.15) is 37.8 Å². The number of aromatic nitrogens is 2. The molecule has 0 aliphatic heterocycles. The third-order valence-electron chi connectivity index (χ3n) is 4.69. The minimum Gasteiger partial charge on any atom is -0.466 e. The lowest BCUT2D eigenvalue weighted by Crippen LogP contribution is -2.41. The Balaban J connectivity index is 1.41. The summed E-state index contributed by atoms with van der Waals surface area (Å²) in [6.07, 6.45) is 0. The number of benzene rings is 2. The number of carbonyl (C=O) groups excluding carboxylic acids is 2. The predicted molar refractivity (Wildman–Crippen MR) is 113 cm³/mol. The van der Waals surface area contributed by atoms with Crippen molar-refractivity contribution in [1.29, 1.82) is 0 Å². The second kappa shape index (κ2) is 8.27. The predicted octanol–water partition coefficient (Wildman–Crippen LogP) is 4.00. The number of hydrogen-bond donors (Lipinski definition) is 2. The molecule has 0 saturated carbocycles. The lowest BCUT2D eigenvalue weighted by atomic mass is 10.1. The Bertz CT molecular complexity index is 1240. The molecule has 0 unspecified atom stereocenters. The van der Waals surface area contributed by atoms with E-state index in [1.54, 1.807) is 44.2 Å². The Kier molecular flexibility index (Phi) is 5.36. The maximum Gasteiger partial charge on any atom is 0.273 e. The normalized spacial score (nSPS) is 10.7. The second-order valence-electron chi connectivity index (χ2n) is 7.09. The van der Waals surface area contributed by atoms with Crippen LogP contribution >= 0.6 is 0 Å². The van der Waals surface area contributed by atoms with E-state index in [0.29, 0.717) is 40.0 Å². The fraction of sp³-hybridized carbons (Fsp3) is 0.130. The smallest absolute Gasteiger partial charge is 0.273 e. The molecule has 8 nitrogen and oxygen atoms in total. The molecule has 2 N–H and O–H groups in total. The summed E-state index contributed by atoms with van der Waals surface area (Å²) in [5, 5.41) is 8.17. The molecular weight excluding hydrogens is 396 g/mol. The standard InChI is InChI=1S/C23H20N4O4/c1-13-4-6-17(7-5-13)22-26-27-23(31-22)18-10-8-16(9-11-18)20(28)24-25-21(29)19-12-14(2)30-15(19)3/h4-12H,1-3H3,(H,24,28)(H,25,29). The van der Waals surface area contributed by atoms with Crippen LogP contribution in [0.15, 0.2) is 63.4 Å². The van der Waals surface area contributed by atoms with Gasteiger partial charge in [0.1, 0.15) is 11.5 Å². The van der Waals surface area contributed by atoms with Gasteiger partial charge in [-0.2, -0.15) is 0 Å². The van der Waals surface area contributed by atoms with Gasteiger partial charge in [-0.25, -0.2) is 0 Å². The Morgan fingerprint density at radius 2 is 1.29 bits per heavy atom. The maximum atomic E-state index is 12.3. The van der Waals surface area contributed by atoms with Crippen LogP contribution in [0.5, 0.6) is 0 Å². The molecule has 8 heteroatoms. The molecular formula is C23H20N4O4. The van der Waals surface area contributed by atoms with Gasteiger partial charge in [0.2, 0.25) is 11.8 Å². The van der Waals surface area contributed by atoms with Crippen LogP contribution < -0.4 is 10.9 Å². The van der Waals surface area contributed by atoms with Crippen molar-refractivity contribution in [3.05, 3.63) is 82.8 Å². The fourth-order valence-electron chi connectivity index (χ4n) is 3.03. The average molecular weight is 416 g/mol. The Morgan fingerprint density at radius 3 is 1.84 bits per heavy atom. The number of amides is 2. The minimum atomic E-state index is -0.455. The number of rotatable bonds is 4. The zero-order valence-electron chi connectivity index (χ0n) is 17.2. The van der Waals surface area contributed by atoms with Crippen LogP contribution in [0.4, 0.5) is 0 Å². The van der Waals surface area contributed by atoms with E-state index in [4.69, 9.17) is 8.83 Å². The molecule has 2 amide bonds. The zero-order chi connectivity index (χ0) is 22.0. The van der Waals surface area contributed by atoms with Crippen LogP contribution in [0, 0.1) is 20.8 Å². The van der Waals surface area contributed by atoms with Crippen molar-refractivity contribution in [1.82, 2.24) is 21.0 Å². The molecule has 0 bridgehead atoms. The van der Waals surface area contributed by atoms with E-state index in [1.807, 2.05) is 31.2 Å². The topological polar surface area (TPSA) is 110 Å². The summed E-state index contributed by atoms with van der Waals surface area (Å²) in [7, 11) is 0. The van der Waals surface area contributed by atoms with Gasteiger partial charge >= 0.3 is 0 Å². The lowest BCUT2D eigenvalue weighted by Gasteiger charge is -2.07. The number of hydrazine groups is 1. The molecule has 0 aliphatic rings. The lowest BCUT2D eigenvalue weighted by molar-refractivity contribution is 0.0845. The number of nitrogens with zero attached hydrogens (tertiary/aromatic N) is 2. The summed E-state index contributed by atoms with van der Waals surface area (Å²) in [5.41, 5.74) is 8.16. The first-order valence-corrected chi connectivity index (χ1v) is 9.59. The van der Waals surface area contributed by atoms with Crippen LogP contribution in [0.3, 0.4) is 0 Å². The number of carbonyl (C=O) groups is 2. The molecule has 0 saturated heterocycles. The van der Waals surface area contributed by atoms with Crippen molar-refractivity contribution in [3.63, 3.8) is 0 Å². The van der Waals surface area contributed by atoms with E-state index >= 15 is 0 Å². The van der Waals surface area contributed by atoms with Crippen molar-refractivity contribution < 1.29 is 18.4 Å². The summed E-state index contributed by atoms with van der Waals surface area (Å²) in [4.78, 5) is 24.5. The van der Waals surface area contributed by atoms with Crippen molar-refractivity contribution in [2.24, 2.45) is 0 Å². The van der Waals surface area contributed by atoms with Gasteiger partial charge in [0.15, 0.2) is 0 Å². The fourth-order valence-corrected chi connectivity index (χ4v) is 3.03. The Hall–Kier alpha value is -4.20. The van der Waals surface area contributed by atoms with E-state index in [1.165, 1.54) is 0 Å². The molecule has 2 aromatic carbocycles. The van der Waals surface area contributed by atoms with Gasteiger partial charge in [-0.1, -0.05) is 17.7 Å². The SMILES string of the molecule is Cc1ccc(-c2nnc(-c3ccc(C(=O)NNC(=O)c4cc(C)oc4C)cc3)o2)cc1. The molecule has 4 rings (SSSR count). The van der Waals surface area contributed by atoms with Gasteiger partial charge in [-0.05, 0) is 63.2 Å². The van der Waals surface area contributed by atoms with Gasteiger partial charge in [-0.15, -0.1) is 10.2 Å². The largest absolute Gasteiger partial charge is 0.466 e. The van der Waals surface area contributed by atoms with Crippen LogP contribution in [-0.4, -0.2) is 22.0 Å². The molecule has 0 fully saturated rings. The Labute approximate surface area is 178 Å². The van der Waals surface area contributed by atoms with E-state index < -0.39 is 11.8 Å². The molecule has 31 heavy (non-hydrogen) atoms. The van der Waals surface area contributed by atoms with Crippen LogP contribution in [0.25, 0.3) is 22.9 Å². The third-order valence-corrected chi connectivity index (χ3v) is 4.69. The number of nitrogens with one attached hydrogen (secondary N) is 2. The highest BCUT2D eigenvalue weighted by Gasteiger charge is 2.15. The summed E-state index contributed by atoms with van der Waals surface area (Å²) >= 11 is 0. The molecule has 2 heterocycles. The second-order valence-corrected chi connectivity index (χ2v) is 7.09. The number of aryl methyl sites for hydroxylation is 3. The molecule has 0 atom stereocenters. The van der Waals surface area contributed by atoms with Crippen LogP contribution in [0.2, 0.25) is 0 Å². The van der Waals surface area contributed by atoms with Crippen molar-refractivity contribution in [3.8, 4) is 22.9 Å². The Morgan fingerprint density at radius 1 is 0.742 bits per heavy atom. The quantitative estimate of drug-likeness (QED) is 0.487. The van der Waals surface area contributed by atoms with Crippen molar-refractivity contribution in [2.75, 3.05) is 0 Å². The van der Waals surface area contributed by atoms with E-state index in [2.05, 4.69) is 21.0 Å².